The summed E-state index contributed by atoms with van der Waals surface area (Å²) in [6.45, 7) is 0. The zero-order valence-electron chi connectivity index (χ0n) is 7.43. The third kappa shape index (κ3) is 1.13. The average molecular weight is 216 g/mol. The van der Waals surface area contributed by atoms with Crippen LogP contribution in [0.25, 0.3) is 22.0 Å². The van der Waals surface area contributed by atoms with E-state index < -0.39 is 11.0 Å². The van der Waals surface area contributed by atoms with E-state index in [0.29, 0.717) is 11.4 Å². The average Bonchev–Trinajstić information content (AvgIpc) is 2.86. The summed E-state index contributed by atoms with van der Waals surface area (Å²) >= 11 is 1.53. The van der Waals surface area contributed by atoms with E-state index in [1.165, 1.54) is 11.3 Å². The highest BCUT2D eigenvalue weighted by Crippen LogP contribution is 2.27. The minimum absolute atomic E-state index is 0.184. The fourth-order valence-corrected chi connectivity index (χ4v) is 2.16. The quantitative estimate of drug-likeness (QED) is 0.567. The summed E-state index contributed by atoms with van der Waals surface area (Å²) < 4.78 is 0. The maximum Gasteiger partial charge on any atom is 0.320 e. The molecule has 0 N–H and O–H groups in total. The SMILES string of the molecule is O=c1nc2cc(-c3cccs3)nc-2c1=O. The Hall–Kier alpha value is -1.88. The minimum atomic E-state index is -0.717. The van der Waals surface area contributed by atoms with Crippen LogP contribution in [-0.4, -0.2) is 9.97 Å². The largest absolute Gasteiger partial charge is 0.320 e. The molecule has 0 bridgehead atoms. The smallest absolute Gasteiger partial charge is 0.281 e. The van der Waals surface area contributed by atoms with Gasteiger partial charge >= 0.3 is 5.56 Å². The summed E-state index contributed by atoms with van der Waals surface area (Å²) in [5.41, 5.74) is -0.0329. The van der Waals surface area contributed by atoms with E-state index in [2.05, 4.69) is 9.97 Å². The number of aromatic nitrogens is 2. The van der Waals surface area contributed by atoms with Crippen LogP contribution in [0, 0.1) is 0 Å². The van der Waals surface area contributed by atoms with E-state index in [1.807, 2.05) is 17.5 Å². The van der Waals surface area contributed by atoms with Crippen LogP contribution >= 0.6 is 11.3 Å². The standard InChI is InChI=1S/C10H4N2O2S/c13-9-8-6(12-10(9)14)4-5(11-8)7-2-1-3-15-7/h1-4H. The number of rotatable bonds is 1. The summed E-state index contributed by atoms with van der Waals surface area (Å²) in [6.07, 6.45) is 0. The molecule has 0 aromatic carbocycles. The van der Waals surface area contributed by atoms with Gasteiger partial charge in [0.05, 0.1) is 16.3 Å². The fraction of sp³-hybridized carbons (Fsp3) is 0. The lowest BCUT2D eigenvalue weighted by molar-refractivity contribution is 1.31. The van der Waals surface area contributed by atoms with Crippen molar-refractivity contribution in [3.05, 3.63) is 44.2 Å². The van der Waals surface area contributed by atoms with Crippen LogP contribution in [0.5, 0.6) is 0 Å². The van der Waals surface area contributed by atoms with E-state index in [9.17, 15) is 9.59 Å². The molecule has 5 heteroatoms. The molecule has 0 unspecified atom stereocenters. The number of hydrogen-bond donors (Lipinski definition) is 0. The van der Waals surface area contributed by atoms with Crippen LogP contribution in [0.4, 0.5) is 0 Å². The van der Waals surface area contributed by atoms with Crippen molar-refractivity contribution in [3.8, 4) is 22.0 Å². The zero-order chi connectivity index (χ0) is 10.4. The van der Waals surface area contributed by atoms with Gasteiger partial charge < -0.3 is 0 Å². The van der Waals surface area contributed by atoms with Crippen LogP contribution in [0.2, 0.25) is 0 Å². The third-order valence-electron chi connectivity index (χ3n) is 2.15. The molecule has 2 aliphatic rings. The van der Waals surface area contributed by atoms with Crippen molar-refractivity contribution >= 4 is 11.3 Å². The molecular formula is C10H4N2O2S. The first kappa shape index (κ1) is 8.43. The Morgan fingerprint density at radius 1 is 1.13 bits per heavy atom. The summed E-state index contributed by atoms with van der Waals surface area (Å²) in [6, 6.07) is 5.49. The molecule has 0 spiro atoms. The van der Waals surface area contributed by atoms with Crippen molar-refractivity contribution in [3.63, 3.8) is 0 Å². The highest BCUT2D eigenvalue weighted by Gasteiger charge is 2.19. The Morgan fingerprint density at radius 3 is 2.67 bits per heavy atom. The van der Waals surface area contributed by atoms with Crippen LogP contribution in [0.15, 0.2) is 33.2 Å². The Balaban J connectivity index is 2.29. The summed E-state index contributed by atoms with van der Waals surface area (Å²) in [5.74, 6) is 0. The summed E-state index contributed by atoms with van der Waals surface area (Å²) in [5, 5.41) is 1.93. The molecule has 1 aromatic rings. The molecule has 0 saturated carbocycles. The Morgan fingerprint density at radius 2 is 2.00 bits per heavy atom. The van der Waals surface area contributed by atoms with E-state index in [1.54, 1.807) is 6.07 Å². The van der Waals surface area contributed by atoms with Gasteiger partial charge in [0.2, 0.25) is 0 Å². The van der Waals surface area contributed by atoms with Crippen molar-refractivity contribution in [2.75, 3.05) is 0 Å². The molecule has 3 rings (SSSR count). The second-order valence-corrected chi connectivity index (χ2v) is 4.05. The fourth-order valence-electron chi connectivity index (χ4n) is 1.47. The summed E-state index contributed by atoms with van der Waals surface area (Å²) in [7, 11) is 0. The van der Waals surface area contributed by atoms with Crippen LogP contribution in [0.3, 0.4) is 0 Å². The molecule has 72 valence electrons. The van der Waals surface area contributed by atoms with E-state index >= 15 is 0 Å². The number of hydrogen-bond acceptors (Lipinski definition) is 5. The Bertz CT molecular complexity index is 665. The highest BCUT2D eigenvalue weighted by atomic mass is 32.1. The van der Waals surface area contributed by atoms with Crippen molar-refractivity contribution in [2.45, 2.75) is 0 Å². The van der Waals surface area contributed by atoms with E-state index in [4.69, 9.17) is 0 Å². The van der Waals surface area contributed by atoms with Gasteiger partial charge in [-0.15, -0.1) is 11.3 Å². The second-order valence-electron chi connectivity index (χ2n) is 3.10. The maximum atomic E-state index is 11.3. The first-order chi connectivity index (χ1) is 7.25. The molecule has 1 aromatic heterocycles. The molecule has 0 fully saturated rings. The normalized spacial score (nSPS) is 11.2. The molecule has 0 atom stereocenters. The minimum Gasteiger partial charge on any atom is -0.281 e. The first-order valence-corrected chi connectivity index (χ1v) is 5.15. The van der Waals surface area contributed by atoms with E-state index in [0.717, 1.165) is 4.88 Å². The van der Waals surface area contributed by atoms with Gasteiger partial charge in [0.15, 0.2) is 0 Å². The van der Waals surface area contributed by atoms with E-state index in [-0.39, 0.29) is 5.69 Å². The van der Waals surface area contributed by atoms with Crippen LogP contribution in [0.1, 0.15) is 0 Å². The Labute approximate surface area is 87.9 Å². The van der Waals surface area contributed by atoms with Gasteiger partial charge in [0.1, 0.15) is 5.69 Å². The zero-order valence-corrected chi connectivity index (χ0v) is 8.25. The molecule has 0 radical (unpaired) electrons. The van der Waals surface area contributed by atoms with Crippen molar-refractivity contribution < 1.29 is 0 Å². The monoisotopic (exact) mass is 216 g/mol. The predicted octanol–water partition coefficient (Wildman–Crippen LogP) is 0.906. The lowest BCUT2D eigenvalue weighted by Crippen LogP contribution is -2.19. The first-order valence-electron chi connectivity index (χ1n) is 4.28. The molecule has 15 heavy (non-hydrogen) atoms. The number of thiophene rings is 1. The number of fused-ring (bicyclic) bond motifs is 1. The van der Waals surface area contributed by atoms with Gasteiger partial charge in [-0.1, -0.05) is 6.07 Å². The summed E-state index contributed by atoms with van der Waals surface area (Å²) in [4.78, 5) is 30.9. The molecule has 0 aliphatic carbocycles. The molecular weight excluding hydrogens is 212 g/mol. The molecule has 3 heterocycles. The van der Waals surface area contributed by atoms with Crippen LogP contribution < -0.4 is 11.0 Å². The van der Waals surface area contributed by atoms with Gasteiger partial charge in [-0.2, -0.15) is 0 Å². The molecule has 0 saturated heterocycles. The predicted molar refractivity (Wildman–Crippen MR) is 56.9 cm³/mol. The molecule has 4 nitrogen and oxygen atoms in total. The van der Waals surface area contributed by atoms with Gasteiger partial charge in [0.25, 0.3) is 5.43 Å². The Kier molecular flexibility index (Phi) is 1.58. The van der Waals surface area contributed by atoms with Crippen molar-refractivity contribution in [1.29, 1.82) is 0 Å². The highest BCUT2D eigenvalue weighted by molar-refractivity contribution is 7.13. The van der Waals surface area contributed by atoms with Gasteiger partial charge in [0, 0.05) is 0 Å². The van der Waals surface area contributed by atoms with Crippen molar-refractivity contribution in [1.82, 2.24) is 9.97 Å². The third-order valence-corrected chi connectivity index (χ3v) is 3.05. The van der Waals surface area contributed by atoms with Crippen LogP contribution in [-0.2, 0) is 0 Å². The molecule has 2 aliphatic heterocycles. The lowest BCUT2D eigenvalue weighted by Gasteiger charge is -1.85. The maximum absolute atomic E-state index is 11.3. The van der Waals surface area contributed by atoms with Gasteiger partial charge in [-0.25, -0.2) is 9.97 Å². The lowest BCUT2D eigenvalue weighted by atomic mass is 10.3. The topological polar surface area (TPSA) is 59.9 Å². The van der Waals surface area contributed by atoms with Crippen molar-refractivity contribution in [2.24, 2.45) is 0 Å². The van der Waals surface area contributed by atoms with Gasteiger partial charge in [-0.05, 0) is 17.5 Å². The van der Waals surface area contributed by atoms with Gasteiger partial charge in [-0.3, -0.25) is 9.59 Å². The molecule has 0 amide bonds. The second kappa shape index (κ2) is 2.80. The number of nitrogens with zero attached hydrogens (tertiary/aromatic N) is 2.